The van der Waals surface area contributed by atoms with Crippen LogP contribution in [-0.4, -0.2) is 51.2 Å². The van der Waals surface area contributed by atoms with Gasteiger partial charge < -0.3 is 5.32 Å². The SMILES string of the molecule is CCN(CC)C(C)CNC(=O)C(C)n1cncn1. The van der Waals surface area contributed by atoms with Gasteiger partial charge in [0.1, 0.15) is 18.7 Å². The van der Waals surface area contributed by atoms with Crippen molar-refractivity contribution < 1.29 is 4.79 Å². The van der Waals surface area contributed by atoms with Crippen molar-refractivity contribution >= 4 is 5.91 Å². The van der Waals surface area contributed by atoms with E-state index >= 15 is 0 Å². The lowest BCUT2D eigenvalue weighted by molar-refractivity contribution is -0.124. The molecule has 1 amide bonds. The van der Waals surface area contributed by atoms with Gasteiger partial charge >= 0.3 is 0 Å². The molecule has 0 fully saturated rings. The van der Waals surface area contributed by atoms with E-state index in [4.69, 9.17) is 0 Å². The molecule has 0 aliphatic carbocycles. The molecule has 0 spiro atoms. The Morgan fingerprint density at radius 1 is 1.39 bits per heavy atom. The van der Waals surface area contributed by atoms with Crippen LogP contribution in [0.15, 0.2) is 12.7 Å². The van der Waals surface area contributed by atoms with Gasteiger partial charge in [0.05, 0.1) is 0 Å². The molecule has 0 aliphatic heterocycles. The Hall–Kier alpha value is -1.43. The summed E-state index contributed by atoms with van der Waals surface area (Å²) in [6, 6.07) is 0.0169. The second-order valence-electron chi connectivity index (χ2n) is 4.37. The monoisotopic (exact) mass is 253 g/mol. The predicted octanol–water partition coefficient (Wildman–Crippen LogP) is 0.686. The van der Waals surface area contributed by atoms with Crippen molar-refractivity contribution in [2.75, 3.05) is 19.6 Å². The Morgan fingerprint density at radius 2 is 2.06 bits per heavy atom. The summed E-state index contributed by atoms with van der Waals surface area (Å²) in [6.45, 7) is 10.8. The molecule has 0 bridgehead atoms. The van der Waals surface area contributed by atoms with Gasteiger partial charge in [0, 0.05) is 12.6 Å². The second kappa shape index (κ2) is 7.10. The topological polar surface area (TPSA) is 63.1 Å². The number of nitrogens with one attached hydrogen (secondary N) is 1. The summed E-state index contributed by atoms with van der Waals surface area (Å²) in [7, 11) is 0. The standard InChI is InChI=1S/C12H23N5O/c1-5-16(6-2)10(3)7-14-12(18)11(4)17-9-13-8-15-17/h8-11H,5-7H2,1-4H3,(H,14,18). The highest BCUT2D eigenvalue weighted by Crippen LogP contribution is 2.02. The average Bonchev–Trinajstić information content (AvgIpc) is 2.90. The fourth-order valence-electron chi connectivity index (χ4n) is 1.91. The van der Waals surface area contributed by atoms with Crippen LogP contribution in [0.2, 0.25) is 0 Å². The van der Waals surface area contributed by atoms with Crippen molar-refractivity contribution in [2.24, 2.45) is 0 Å². The van der Waals surface area contributed by atoms with Gasteiger partial charge in [-0.2, -0.15) is 5.10 Å². The average molecular weight is 253 g/mol. The van der Waals surface area contributed by atoms with E-state index in [1.807, 2.05) is 6.92 Å². The highest BCUT2D eigenvalue weighted by molar-refractivity contribution is 5.79. The summed E-state index contributed by atoms with van der Waals surface area (Å²) in [6.07, 6.45) is 2.99. The van der Waals surface area contributed by atoms with Crippen LogP contribution in [0, 0.1) is 0 Å². The zero-order valence-corrected chi connectivity index (χ0v) is 11.6. The zero-order chi connectivity index (χ0) is 13.5. The van der Waals surface area contributed by atoms with E-state index in [0.29, 0.717) is 12.6 Å². The first-order valence-electron chi connectivity index (χ1n) is 6.46. The lowest BCUT2D eigenvalue weighted by Crippen LogP contribution is -2.43. The molecule has 102 valence electrons. The number of rotatable bonds is 7. The Bertz CT molecular complexity index is 347. The maximum atomic E-state index is 11.9. The van der Waals surface area contributed by atoms with Crippen molar-refractivity contribution in [1.29, 1.82) is 0 Å². The van der Waals surface area contributed by atoms with Gasteiger partial charge in [0.25, 0.3) is 0 Å². The molecular formula is C12H23N5O. The van der Waals surface area contributed by atoms with Crippen LogP contribution in [0.4, 0.5) is 0 Å². The summed E-state index contributed by atoms with van der Waals surface area (Å²) in [5.41, 5.74) is 0. The fraction of sp³-hybridized carbons (Fsp3) is 0.750. The highest BCUT2D eigenvalue weighted by Gasteiger charge is 2.17. The first-order valence-corrected chi connectivity index (χ1v) is 6.46. The zero-order valence-electron chi connectivity index (χ0n) is 11.6. The van der Waals surface area contributed by atoms with E-state index in [2.05, 4.69) is 41.1 Å². The maximum Gasteiger partial charge on any atom is 0.244 e. The van der Waals surface area contributed by atoms with Gasteiger partial charge in [-0.15, -0.1) is 0 Å². The van der Waals surface area contributed by atoms with E-state index in [-0.39, 0.29) is 11.9 Å². The molecule has 0 aromatic carbocycles. The van der Waals surface area contributed by atoms with Crippen LogP contribution >= 0.6 is 0 Å². The Morgan fingerprint density at radius 3 is 2.56 bits per heavy atom. The molecule has 2 unspecified atom stereocenters. The number of carbonyl (C=O) groups is 1. The van der Waals surface area contributed by atoms with Crippen molar-refractivity contribution in [3.05, 3.63) is 12.7 Å². The minimum atomic E-state index is -0.323. The van der Waals surface area contributed by atoms with Crippen LogP contribution < -0.4 is 5.32 Å². The summed E-state index contributed by atoms with van der Waals surface area (Å²) in [5.74, 6) is -0.0282. The van der Waals surface area contributed by atoms with Gasteiger partial charge in [0.15, 0.2) is 0 Å². The molecule has 0 saturated heterocycles. The van der Waals surface area contributed by atoms with E-state index in [9.17, 15) is 4.79 Å². The van der Waals surface area contributed by atoms with E-state index in [1.165, 1.54) is 6.33 Å². The van der Waals surface area contributed by atoms with Crippen LogP contribution in [0.1, 0.15) is 33.7 Å². The predicted molar refractivity (Wildman–Crippen MR) is 70.1 cm³/mol. The van der Waals surface area contributed by atoms with Gasteiger partial charge in [0.2, 0.25) is 5.91 Å². The molecule has 6 nitrogen and oxygen atoms in total. The first-order chi connectivity index (χ1) is 8.60. The number of hydrogen-bond donors (Lipinski definition) is 1. The number of nitrogens with zero attached hydrogens (tertiary/aromatic N) is 4. The lowest BCUT2D eigenvalue weighted by Gasteiger charge is -2.26. The molecular weight excluding hydrogens is 230 g/mol. The summed E-state index contributed by atoms with van der Waals surface area (Å²) >= 11 is 0. The third kappa shape index (κ3) is 3.80. The normalized spacial score (nSPS) is 14.5. The number of carbonyl (C=O) groups excluding carboxylic acids is 1. The first kappa shape index (κ1) is 14.6. The second-order valence-corrected chi connectivity index (χ2v) is 4.37. The molecule has 1 heterocycles. The van der Waals surface area contributed by atoms with Gasteiger partial charge in [-0.25, -0.2) is 9.67 Å². The third-order valence-corrected chi connectivity index (χ3v) is 3.22. The van der Waals surface area contributed by atoms with Gasteiger partial charge in [-0.05, 0) is 26.9 Å². The van der Waals surface area contributed by atoms with Gasteiger partial charge in [-0.1, -0.05) is 13.8 Å². The summed E-state index contributed by atoms with van der Waals surface area (Å²) in [4.78, 5) is 18.1. The van der Waals surface area contributed by atoms with Crippen LogP contribution in [0.5, 0.6) is 0 Å². The van der Waals surface area contributed by atoms with Crippen LogP contribution in [-0.2, 0) is 4.79 Å². The largest absolute Gasteiger partial charge is 0.353 e. The lowest BCUT2D eigenvalue weighted by atomic mass is 10.2. The third-order valence-electron chi connectivity index (χ3n) is 3.22. The smallest absolute Gasteiger partial charge is 0.244 e. The molecule has 18 heavy (non-hydrogen) atoms. The molecule has 0 aliphatic rings. The number of amides is 1. The molecule has 1 rings (SSSR count). The molecule has 0 radical (unpaired) electrons. The molecule has 1 aromatic rings. The highest BCUT2D eigenvalue weighted by atomic mass is 16.2. The van der Waals surface area contributed by atoms with E-state index < -0.39 is 0 Å². The van der Waals surface area contributed by atoms with Crippen LogP contribution in [0.25, 0.3) is 0 Å². The Kier molecular flexibility index (Phi) is 5.77. The van der Waals surface area contributed by atoms with Crippen molar-refractivity contribution in [2.45, 2.75) is 39.8 Å². The van der Waals surface area contributed by atoms with Crippen molar-refractivity contribution in [1.82, 2.24) is 25.0 Å². The maximum absolute atomic E-state index is 11.9. The Balaban J connectivity index is 2.41. The van der Waals surface area contributed by atoms with E-state index in [0.717, 1.165) is 13.1 Å². The number of likely N-dealkylation sites (N-methyl/N-ethyl adjacent to an activating group) is 1. The summed E-state index contributed by atoms with van der Waals surface area (Å²) < 4.78 is 1.55. The fourth-order valence-corrected chi connectivity index (χ4v) is 1.91. The molecule has 1 aromatic heterocycles. The van der Waals surface area contributed by atoms with Crippen molar-refractivity contribution in [3.63, 3.8) is 0 Å². The number of hydrogen-bond acceptors (Lipinski definition) is 4. The number of aromatic nitrogens is 3. The van der Waals surface area contributed by atoms with Crippen molar-refractivity contribution in [3.8, 4) is 0 Å². The van der Waals surface area contributed by atoms with E-state index in [1.54, 1.807) is 11.0 Å². The minimum absolute atomic E-state index is 0.0282. The molecule has 0 saturated carbocycles. The van der Waals surface area contributed by atoms with Crippen LogP contribution in [0.3, 0.4) is 0 Å². The Labute approximate surface area is 108 Å². The quantitative estimate of drug-likeness (QED) is 0.776. The molecule has 6 heteroatoms. The molecule has 2 atom stereocenters. The minimum Gasteiger partial charge on any atom is -0.353 e. The van der Waals surface area contributed by atoms with Gasteiger partial charge in [-0.3, -0.25) is 9.69 Å². The molecule has 1 N–H and O–H groups in total. The summed E-state index contributed by atoms with van der Waals surface area (Å²) in [5, 5.41) is 6.92.